The van der Waals surface area contributed by atoms with Crippen LogP contribution in [0.2, 0.25) is 0 Å². The van der Waals surface area contributed by atoms with E-state index in [4.69, 9.17) is 4.74 Å². The molecule has 0 fully saturated rings. The molecule has 0 spiro atoms. The molecule has 0 bridgehead atoms. The fraction of sp³-hybridized carbons (Fsp3) is 0.238. The molecular weight excluding hydrogens is 430 g/mol. The van der Waals surface area contributed by atoms with E-state index >= 15 is 0 Å². The highest BCUT2D eigenvalue weighted by Crippen LogP contribution is 2.30. The maximum atomic E-state index is 13.8. The van der Waals surface area contributed by atoms with Crippen LogP contribution in [0.25, 0.3) is 0 Å². The number of aryl methyl sites for hydroxylation is 1. The Balaban J connectivity index is 2.11. The number of ether oxygens (including phenoxy) is 1. The monoisotopic (exact) mass is 450 g/mol. The molecule has 7 nitrogen and oxygen atoms in total. The van der Waals surface area contributed by atoms with E-state index in [9.17, 15) is 26.8 Å². The van der Waals surface area contributed by atoms with E-state index in [2.05, 4.69) is 10.6 Å². The molecule has 1 atom stereocenters. The summed E-state index contributed by atoms with van der Waals surface area (Å²) in [6.45, 7) is 3.35. The molecule has 1 aliphatic heterocycles. The number of benzene rings is 2. The molecule has 164 valence electrons. The number of esters is 1. The second-order valence-corrected chi connectivity index (χ2v) is 8.88. The van der Waals surface area contributed by atoms with Gasteiger partial charge in [-0.15, -0.1) is 0 Å². The van der Waals surface area contributed by atoms with Crippen molar-refractivity contribution in [2.75, 3.05) is 12.4 Å². The minimum Gasteiger partial charge on any atom is -0.463 e. The Labute approximate surface area is 178 Å². The van der Waals surface area contributed by atoms with Crippen LogP contribution in [0.3, 0.4) is 0 Å². The number of amides is 2. The fourth-order valence-electron chi connectivity index (χ4n) is 3.14. The van der Waals surface area contributed by atoms with Crippen molar-refractivity contribution in [2.24, 2.45) is 0 Å². The number of sulfone groups is 1. The third-order valence-corrected chi connectivity index (χ3v) is 6.30. The van der Waals surface area contributed by atoms with Crippen molar-refractivity contribution < 1.29 is 31.5 Å². The molecule has 2 N–H and O–H groups in total. The van der Waals surface area contributed by atoms with Crippen LogP contribution in [0.15, 0.2) is 58.6 Å². The maximum Gasteiger partial charge on any atom is 0.338 e. The van der Waals surface area contributed by atoms with Crippen molar-refractivity contribution in [3.63, 3.8) is 0 Å². The predicted octanol–water partition coefficient (Wildman–Crippen LogP) is 2.92. The van der Waals surface area contributed by atoms with Crippen LogP contribution in [0.1, 0.15) is 24.1 Å². The van der Waals surface area contributed by atoms with Gasteiger partial charge in [-0.25, -0.2) is 26.8 Å². The molecule has 2 aromatic rings. The largest absolute Gasteiger partial charge is 0.463 e. The Morgan fingerprint density at radius 1 is 1.10 bits per heavy atom. The highest BCUT2D eigenvalue weighted by atomic mass is 32.2. The predicted molar refractivity (Wildman–Crippen MR) is 108 cm³/mol. The van der Waals surface area contributed by atoms with Crippen LogP contribution in [0.5, 0.6) is 0 Å². The summed E-state index contributed by atoms with van der Waals surface area (Å²) >= 11 is 0. The van der Waals surface area contributed by atoms with E-state index in [0.29, 0.717) is 0 Å². The van der Waals surface area contributed by atoms with Crippen LogP contribution in [-0.2, 0) is 19.4 Å². The van der Waals surface area contributed by atoms with Crippen LogP contribution in [-0.4, -0.2) is 32.8 Å². The molecule has 2 aromatic carbocycles. The van der Waals surface area contributed by atoms with Gasteiger partial charge in [0.2, 0.25) is 0 Å². The van der Waals surface area contributed by atoms with E-state index in [0.717, 1.165) is 17.7 Å². The second kappa shape index (κ2) is 8.84. The molecule has 1 heterocycles. The summed E-state index contributed by atoms with van der Waals surface area (Å²) in [7, 11) is -3.94. The maximum absolute atomic E-state index is 13.8. The van der Waals surface area contributed by atoms with E-state index in [-0.39, 0.29) is 28.3 Å². The minimum absolute atomic E-state index is 0.00553. The Hall–Kier alpha value is -3.27. The van der Waals surface area contributed by atoms with Crippen LogP contribution in [0, 0.1) is 18.6 Å². The van der Waals surface area contributed by atoms with Gasteiger partial charge in [-0.2, -0.15) is 0 Å². The molecule has 0 aromatic heterocycles. The molecule has 0 saturated carbocycles. The van der Waals surface area contributed by atoms with E-state index < -0.39 is 45.3 Å². The van der Waals surface area contributed by atoms with Gasteiger partial charge in [-0.1, -0.05) is 23.8 Å². The van der Waals surface area contributed by atoms with Crippen molar-refractivity contribution in [1.29, 1.82) is 0 Å². The molecule has 3 rings (SSSR count). The minimum atomic E-state index is -3.94. The van der Waals surface area contributed by atoms with Crippen molar-refractivity contribution in [2.45, 2.75) is 24.8 Å². The van der Waals surface area contributed by atoms with Crippen molar-refractivity contribution in [1.82, 2.24) is 10.6 Å². The molecule has 0 unspecified atom stereocenters. The summed E-state index contributed by atoms with van der Waals surface area (Å²) in [6, 6.07) is 6.94. The molecular formula is C21H20F2N2O5S. The third-order valence-electron chi connectivity index (χ3n) is 4.64. The molecule has 0 aliphatic carbocycles. The van der Waals surface area contributed by atoms with E-state index in [1.165, 1.54) is 18.2 Å². The van der Waals surface area contributed by atoms with Gasteiger partial charge in [0.25, 0.3) is 0 Å². The van der Waals surface area contributed by atoms with Gasteiger partial charge < -0.3 is 15.4 Å². The Bertz CT molecular complexity index is 1160. The summed E-state index contributed by atoms with van der Waals surface area (Å²) < 4.78 is 58.1. The van der Waals surface area contributed by atoms with Crippen LogP contribution < -0.4 is 10.6 Å². The normalized spacial score (nSPS) is 16.5. The average Bonchev–Trinajstić information content (AvgIpc) is 2.69. The first-order valence-corrected chi connectivity index (χ1v) is 11.0. The highest BCUT2D eigenvalue weighted by molar-refractivity contribution is 7.91. The van der Waals surface area contributed by atoms with Gasteiger partial charge >= 0.3 is 12.0 Å². The Morgan fingerprint density at radius 3 is 2.39 bits per heavy atom. The lowest BCUT2D eigenvalue weighted by Crippen LogP contribution is -2.47. The number of carbonyl (C=O) groups excluding carboxylic acids is 2. The third kappa shape index (κ3) is 4.91. The number of hydrogen-bond donors (Lipinski definition) is 2. The SMILES string of the molecule is CCOC(=O)C1=C(CS(=O)(=O)c2ccc(C)cc2)NC(=O)N[C@H]1c1ccc(F)c(F)c1. The quantitative estimate of drug-likeness (QED) is 0.659. The first kappa shape index (κ1) is 22.4. The summed E-state index contributed by atoms with van der Waals surface area (Å²) in [6.07, 6.45) is 0. The van der Waals surface area contributed by atoms with Gasteiger partial charge in [-0.05, 0) is 43.7 Å². The number of nitrogens with one attached hydrogen (secondary N) is 2. The van der Waals surface area contributed by atoms with Crippen LogP contribution >= 0.6 is 0 Å². The van der Waals surface area contributed by atoms with E-state index in [1.54, 1.807) is 26.0 Å². The lowest BCUT2D eigenvalue weighted by Gasteiger charge is -2.29. The molecule has 31 heavy (non-hydrogen) atoms. The smallest absolute Gasteiger partial charge is 0.338 e. The molecule has 2 amide bonds. The lowest BCUT2D eigenvalue weighted by atomic mass is 9.95. The number of rotatable bonds is 6. The number of halogens is 2. The number of carbonyl (C=O) groups is 2. The van der Waals surface area contributed by atoms with Gasteiger partial charge in [-0.3, -0.25) is 0 Å². The molecule has 0 saturated heterocycles. The van der Waals surface area contributed by atoms with Crippen molar-refractivity contribution in [3.8, 4) is 0 Å². The topological polar surface area (TPSA) is 102 Å². The summed E-state index contributed by atoms with van der Waals surface area (Å²) in [5.74, 6) is -3.87. The van der Waals surface area contributed by atoms with E-state index in [1.807, 2.05) is 0 Å². The molecule has 0 radical (unpaired) electrons. The fourth-order valence-corrected chi connectivity index (χ4v) is 4.47. The average molecular weight is 450 g/mol. The molecule has 1 aliphatic rings. The first-order valence-electron chi connectivity index (χ1n) is 9.34. The number of hydrogen-bond acceptors (Lipinski definition) is 5. The van der Waals surface area contributed by atoms with Gasteiger partial charge in [0, 0.05) is 5.70 Å². The Morgan fingerprint density at radius 2 is 1.77 bits per heavy atom. The summed E-state index contributed by atoms with van der Waals surface area (Å²) in [4.78, 5) is 24.9. The summed E-state index contributed by atoms with van der Waals surface area (Å²) in [5.41, 5.74) is 0.515. The van der Waals surface area contributed by atoms with Gasteiger partial charge in [0.15, 0.2) is 21.5 Å². The highest BCUT2D eigenvalue weighted by Gasteiger charge is 2.36. The standard InChI is InChI=1S/C21H20F2N2O5S/c1-3-30-20(26)18-17(11-31(28,29)14-7-4-12(2)5-8-14)24-21(27)25-19(18)13-6-9-15(22)16(23)10-13/h4-10,19H,3,11H2,1-2H3,(H2,24,25,27)/t19-/m0/s1. The van der Waals surface area contributed by atoms with Crippen molar-refractivity contribution >= 4 is 21.8 Å². The Kier molecular flexibility index (Phi) is 6.40. The molecule has 10 heteroatoms. The van der Waals surface area contributed by atoms with Gasteiger partial charge in [0.1, 0.15) is 0 Å². The van der Waals surface area contributed by atoms with Crippen LogP contribution in [0.4, 0.5) is 13.6 Å². The zero-order valence-electron chi connectivity index (χ0n) is 16.7. The zero-order chi connectivity index (χ0) is 22.8. The van der Waals surface area contributed by atoms with Crippen molar-refractivity contribution in [3.05, 3.63) is 76.5 Å². The number of urea groups is 1. The summed E-state index contributed by atoms with van der Waals surface area (Å²) in [5, 5.41) is 4.79. The zero-order valence-corrected chi connectivity index (χ0v) is 17.6. The first-order chi connectivity index (χ1) is 14.6. The second-order valence-electron chi connectivity index (χ2n) is 6.89. The van der Waals surface area contributed by atoms with Gasteiger partial charge in [0.05, 0.1) is 28.9 Å². The lowest BCUT2D eigenvalue weighted by molar-refractivity contribution is -0.139.